The highest BCUT2D eigenvalue weighted by atomic mass is 16.5. The first-order valence-corrected chi connectivity index (χ1v) is 7.52. The number of piperidine rings is 1. The number of para-hydroxylation sites is 1. The molecule has 0 spiro atoms. The van der Waals surface area contributed by atoms with Gasteiger partial charge in [0, 0.05) is 19.0 Å². The van der Waals surface area contributed by atoms with E-state index in [0.717, 1.165) is 36.3 Å². The van der Waals surface area contributed by atoms with Crippen molar-refractivity contribution in [1.29, 1.82) is 0 Å². The predicted molar refractivity (Wildman–Crippen MR) is 80.9 cm³/mol. The van der Waals surface area contributed by atoms with Gasteiger partial charge in [0.15, 0.2) is 5.58 Å². The Kier molecular flexibility index (Phi) is 4.20. The molecule has 0 saturated carbocycles. The molecule has 1 aliphatic heterocycles. The molecule has 0 aliphatic carbocycles. The average molecular weight is 287 g/mol. The Labute approximate surface area is 124 Å². The molecule has 21 heavy (non-hydrogen) atoms. The number of amides is 1. The second-order valence-corrected chi connectivity index (χ2v) is 5.79. The standard InChI is InChI=1S/C16H21N3O2/c1-19(11-12-5-4-8-17-10-12)16(20)9-14-13-6-2-3-7-15(13)21-18-14/h2-3,6-7,12,17H,4-5,8-11H2,1H3. The monoisotopic (exact) mass is 287 g/mol. The fraction of sp³-hybridized carbons (Fsp3) is 0.500. The number of aromatic nitrogens is 1. The van der Waals surface area contributed by atoms with E-state index in [1.165, 1.54) is 12.8 Å². The number of carbonyl (C=O) groups excluding carboxylic acids is 1. The zero-order chi connectivity index (χ0) is 14.7. The van der Waals surface area contributed by atoms with Crippen LogP contribution in [0.15, 0.2) is 28.8 Å². The van der Waals surface area contributed by atoms with Crippen molar-refractivity contribution in [2.24, 2.45) is 5.92 Å². The lowest BCUT2D eigenvalue weighted by atomic mass is 9.99. The van der Waals surface area contributed by atoms with Gasteiger partial charge in [-0.3, -0.25) is 4.79 Å². The summed E-state index contributed by atoms with van der Waals surface area (Å²) in [7, 11) is 1.87. The predicted octanol–water partition coefficient (Wildman–Crippen LogP) is 1.83. The number of likely N-dealkylation sites (N-methyl/N-ethyl adjacent to an activating group) is 1. The van der Waals surface area contributed by atoms with Crippen LogP contribution >= 0.6 is 0 Å². The van der Waals surface area contributed by atoms with Crippen molar-refractivity contribution in [3.63, 3.8) is 0 Å². The molecule has 1 unspecified atom stereocenters. The lowest BCUT2D eigenvalue weighted by Gasteiger charge is -2.27. The highest BCUT2D eigenvalue weighted by Gasteiger charge is 2.20. The Morgan fingerprint density at radius 3 is 3.14 bits per heavy atom. The van der Waals surface area contributed by atoms with Crippen molar-refractivity contribution in [2.75, 3.05) is 26.7 Å². The molecule has 1 aromatic carbocycles. The fourth-order valence-corrected chi connectivity index (χ4v) is 2.91. The van der Waals surface area contributed by atoms with Crippen LogP contribution in [0, 0.1) is 5.92 Å². The Morgan fingerprint density at radius 1 is 1.48 bits per heavy atom. The van der Waals surface area contributed by atoms with E-state index in [-0.39, 0.29) is 5.91 Å². The molecular weight excluding hydrogens is 266 g/mol. The zero-order valence-electron chi connectivity index (χ0n) is 12.3. The molecule has 0 bridgehead atoms. The number of nitrogens with one attached hydrogen (secondary N) is 1. The summed E-state index contributed by atoms with van der Waals surface area (Å²) in [4.78, 5) is 14.2. The highest BCUT2D eigenvalue weighted by molar-refractivity contribution is 5.86. The van der Waals surface area contributed by atoms with Crippen LogP contribution in [0.1, 0.15) is 18.5 Å². The van der Waals surface area contributed by atoms with E-state index in [9.17, 15) is 4.79 Å². The summed E-state index contributed by atoms with van der Waals surface area (Å²) in [6.45, 7) is 2.91. The van der Waals surface area contributed by atoms with Crippen molar-refractivity contribution < 1.29 is 9.32 Å². The molecule has 1 aliphatic rings. The number of carbonyl (C=O) groups is 1. The van der Waals surface area contributed by atoms with Crippen molar-refractivity contribution in [3.8, 4) is 0 Å². The molecule has 2 aromatic rings. The second kappa shape index (κ2) is 6.26. The SMILES string of the molecule is CN(CC1CCCNC1)C(=O)Cc1noc2ccccc12. The summed E-state index contributed by atoms with van der Waals surface area (Å²) in [6.07, 6.45) is 2.69. The normalized spacial score (nSPS) is 18.8. The van der Waals surface area contributed by atoms with Gasteiger partial charge in [0.25, 0.3) is 0 Å². The van der Waals surface area contributed by atoms with Gasteiger partial charge >= 0.3 is 0 Å². The maximum absolute atomic E-state index is 12.4. The Bertz CT molecular complexity index is 617. The summed E-state index contributed by atoms with van der Waals surface area (Å²) in [5, 5.41) is 8.34. The van der Waals surface area contributed by atoms with Gasteiger partial charge in [-0.05, 0) is 44.0 Å². The highest BCUT2D eigenvalue weighted by Crippen LogP contribution is 2.19. The molecule has 1 aromatic heterocycles. The Balaban J connectivity index is 1.62. The molecule has 2 heterocycles. The molecule has 112 valence electrons. The van der Waals surface area contributed by atoms with Gasteiger partial charge in [-0.2, -0.15) is 0 Å². The van der Waals surface area contributed by atoms with Crippen molar-refractivity contribution in [1.82, 2.24) is 15.4 Å². The van der Waals surface area contributed by atoms with Crippen LogP contribution in [-0.2, 0) is 11.2 Å². The van der Waals surface area contributed by atoms with Crippen molar-refractivity contribution in [3.05, 3.63) is 30.0 Å². The van der Waals surface area contributed by atoms with E-state index in [1.807, 2.05) is 36.2 Å². The second-order valence-electron chi connectivity index (χ2n) is 5.79. The van der Waals surface area contributed by atoms with Gasteiger partial charge in [0.1, 0.15) is 5.69 Å². The number of hydrogen-bond donors (Lipinski definition) is 1. The third-order valence-corrected chi connectivity index (χ3v) is 4.13. The smallest absolute Gasteiger partial charge is 0.228 e. The molecule has 5 nitrogen and oxygen atoms in total. The quantitative estimate of drug-likeness (QED) is 0.932. The third-order valence-electron chi connectivity index (χ3n) is 4.13. The van der Waals surface area contributed by atoms with Gasteiger partial charge in [-0.1, -0.05) is 17.3 Å². The maximum atomic E-state index is 12.4. The van der Waals surface area contributed by atoms with Crippen LogP contribution in [-0.4, -0.2) is 42.6 Å². The molecule has 1 saturated heterocycles. The van der Waals surface area contributed by atoms with Gasteiger partial charge in [-0.25, -0.2) is 0 Å². The first-order valence-electron chi connectivity index (χ1n) is 7.52. The number of hydrogen-bond acceptors (Lipinski definition) is 4. The van der Waals surface area contributed by atoms with Crippen LogP contribution in [0.4, 0.5) is 0 Å². The molecule has 5 heteroatoms. The number of fused-ring (bicyclic) bond motifs is 1. The van der Waals surface area contributed by atoms with Crippen molar-refractivity contribution in [2.45, 2.75) is 19.3 Å². The summed E-state index contributed by atoms with van der Waals surface area (Å²) >= 11 is 0. The fourth-order valence-electron chi connectivity index (χ4n) is 2.91. The van der Waals surface area contributed by atoms with Crippen molar-refractivity contribution >= 4 is 16.9 Å². The Hall–Kier alpha value is -1.88. The van der Waals surface area contributed by atoms with Gasteiger partial charge in [-0.15, -0.1) is 0 Å². The first-order chi connectivity index (χ1) is 10.2. The minimum atomic E-state index is 0.0969. The van der Waals surface area contributed by atoms with Crippen LogP contribution in [0.2, 0.25) is 0 Å². The molecule has 1 N–H and O–H groups in total. The molecule has 1 amide bonds. The molecule has 1 fully saturated rings. The first kappa shape index (κ1) is 14.1. The average Bonchev–Trinajstić information content (AvgIpc) is 2.91. The molecule has 3 rings (SSSR count). The van der Waals surface area contributed by atoms with Crippen LogP contribution in [0.5, 0.6) is 0 Å². The topological polar surface area (TPSA) is 58.4 Å². The van der Waals surface area contributed by atoms with E-state index in [4.69, 9.17) is 4.52 Å². The minimum absolute atomic E-state index is 0.0969. The van der Waals surface area contributed by atoms with Crippen LogP contribution in [0.3, 0.4) is 0 Å². The summed E-state index contributed by atoms with van der Waals surface area (Å²) in [5.74, 6) is 0.654. The van der Waals surface area contributed by atoms with Gasteiger partial charge in [0.05, 0.1) is 6.42 Å². The number of nitrogens with zero attached hydrogens (tertiary/aromatic N) is 2. The summed E-state index contributed by atoms with van der Waals surface area (Å²) in [6, 6.07) is 7.65. The van der Waals surface area contributed by atoms with E-state index < -0.39 is 0 Å². The number of benzene rings is 1. The summed E-state index contributed by atoms with van der Waals surface area (Å²) in [5.41, 5.74) is 1.46. The zero-order valence-corrected chi connectivity index (χ0v) is 12.3. The lowest BCUT2D eigenvalue weighted by molar-refractivity contribution is -0.129. The minimum Gasteiger partial charge on any atom is -0.356 e. The maximum Gasteiger partial charge on any atom is 0.228 e. The molecule has 0 radical (unpaired) electrons. The summed E-state index contributed by atoms with van der Waals surface area (Å²) < 4.78 is 5.25. The van der Waals surface area contributed by atoms with E-state index in [1.54, 1.807) is 0 Å². The van der Waals surface area contributed by atoms with E-state index >= 15 is 0 Å². The molecular formula is C16H21N3O2. The van der Waals surface area contributed by atoms with Gasteiger partial charge in [0.2, 0.25) is 5.91 Å². The van der Waals surface area contributed by atoms with E-state index in [2.05, 4.69) is 10.5 Å². The molecule has 1 atom stereocenters. The van der Waals surface area contributed by atoms with E-state index in [0.29, 0.717) is 12.3 Å². The largest absolute Gasteiger partial charge is 0.356 e. The lowest BCUT2D eigenvalue weighted by Crippen LogP contribution is -2.39. The Morgan fingerprint density at radius 2 is 2.33 bits per heavy atom. The number of rotatable bonds is 4. The van der Waals surface area contributed by atoms with Crippen LogP contribution < -0.4 is 5.32 Å². The third kappa shape index (κ3) is 3.24. The van der Waals surface area contributed by atoms with Gasteiger partial charge < -0.3 is 14.7 Å². The van der Waals surface area contributed by atoms with Crippen LogP contribution in [0.25, 0.3) is 11.0 Å².